The molecule has 6 nitrogen and oxygen atoms in total. The molecule has 0 aromatic carbocycles. The maximum absolute atomic E-state index is 12.3. The lowest BCUT2D eigenvalue weighted by atomic mass is 10.5. The van der Waals surface area contributed by atoms with E-state index in [1.165, 1.54) is 20.8 Å². The first kappa shape index (κ1) is 15.9. The number of carbonyl (C=O) groups excluding carboxylic acids is 2. The molecule has 112 valence electrons. The predicted molar refractivity (Wildman–Crippen MR) is 86.1 cm³/mol. The molecule has 0 aliphatic carbocycles. The molecule has 1 fully saturated rings. The third-order valence-electron chi connectivity index (χ3n) is 2.80. The van der Waals surface area contributed by atoms with Gasteiger partial charge in [0, 0.05) is 6.54 Å². The zero-order valence-electron chi connectivity index (χ0n) is 11.3. The van der Waals surface area contributed by atoms with Crippen LogP contribution in [0.1, 0.15) is 13.8 Å². The van der Waals surface area contributed by atoms with E-state index in [9.17, 15) is 14.4 Å². The van der Waals surface area contributed by atoms with Crippen molar-refractivity contribution in [1.29, 1.82) is 0 Å². The highest BCUT2D eigenvalue weighted by Crippen LogP contribution is 2.30. The van der Waals surface area contributed by atoms with Gasteiger partial charge in [-0.3, -0.25) is 23.9 Å². The van der Waals surface area contributed by atoms with Gasteiger partial charge in [0.05, 0.1) is 4.53 Å². The van der Waals surface area contributed by atoms with E-state index in [1.807, 2.05) is 6.92 Å². The van der Waals surface area contributed by atoms with E-state index in [4.69, 9.17) is 12.2 Å². The van der Waals surface area contributed by atoms with E-state index in [0.29, 0.717) is 25.0 Å². The average Bonchev–Trinajstić information content (AvgIpc) is 2.93. The summed E-state index contributed by atoms with van der Waals surface area (Å²) in [5.41, 5.74) is -0.291. The summed E-state index contributed by atoms with van der Waals surface area (Å²) in [6.07, 6.45) is 1.66. The van der Waals surface area contributed by atoms with E-state index in [-0.39, 0.29) is 24.7 Å². The summed E-state index contributed by atoms with van der Waals surface area (Å²) in [4.78, 5) is 36.8. The Balaban J connectivity index is 2.71. The molecule has 2 rings (SSSR count). The normalized spacial score (nSPS) is 18.6. The van der Waals surface area contributed by atoms with Gasteiger partial charge in [-0.05, 0) is 13.8 Å². The molecular weight excluding hydrogens is 332 g/mol. The number of ether oxygens (including phenoxy) is 1. The number of nitrogens with zero attached hydrogens (tertiary/aromatic N) is 2. The Labute approximate surface area is 133 Å². The number of hydrogen-bond acceptors (Lipinski definition) is 7. The Bertz CT molecular complexity index is 777. The van der Waals surface area contributed by atoms with E-state index in [0.717, 1.165) is 11.8 Å². The molecule has 0 N–H and O–H groups in total. The molecule has 0 radical (unpaired) electrons. The highest BCUT2D eigenvalue weighted by molar-refractivity contribution is 8.30. The number of thiazole rings is 1. The van der Waals surface area contributed by atoms with Crippen molar-refractivity contribution in [3.8, 4) is 0 Å². The lowest BCUT2D eigenvalue weighted by Gasteiger charge is -2.09. The Morgan fingerprint density at radius 2 is 2.10 bits per heavy atom. The second-order valence-electron chi connectivity index (χ2n) is 3.93. The Morgan fingerprint density at radius 1 is 1.38 bits per heavy atom. The van der Waals surface area contributed by atoms with Crippen LogP contribution in [0.4, 0.5) is 0 Å². The maximum atomic E-state index is 12.3. The molecule has 1 aromatic heterocycles. The molecule has 1 saturated heterocycles. The summed E-state index contributed by atoms with van der Waals surface area (Å²) in [6.45, 7) is 4.08. The molecule has 1 aliphatic rings. The second kappa shape index (κ2) is 6.54. The van der Waals surface area contributed by atoms with Crippen LogP contribution in [0, 0.1) is 0 Å². The van der Waals surface area contributed by atoms with Gasteiger partial charge >= 0.3 is 0 Å². The number of hydrogen-bond donors (Lipinski definition) is 0. The molecule has 2 heterocycles. The highest BCUT2D eigenvalue weighted by Gasteiger charge is 2.32. The van der Waals surface area contributed by atoms with Crippen LogP contribution >= 0.6 is 35.3 Å². The number of amides is 1. The third kappa shape index (κ3) is 2.81. The first-order valence-electron chi connectivity index (χ1n) is 6.04. The summed E-state index contributed by atoms with van der Waals surface area (Å²) in [6, 6.07) is 0. The average molecular weight is 344 g/mol. The van der Waals surface area contributed by atoms with Crippen LogP contribution < -0.4 is 14.8 Å². The minimum absolute atomic E-state index is 0.224. The molecule has 0 saturated carbocycles. The van der Waals surface area contributed by atoms with Gasteiger partial charge in [-0.2, -0.15) is 0 Å². The summed E-state index contributed by atoms with van der Waals surface area (Å²) >= 11 is 7.50. The molecule has 9 heteroatoms. The molecule has 1 amide bonds. The smallest absolute Gasteiger partial charge is 0.294 e. The quantitative estimate of drug-likeness (QED) is 0.558. The Kier molecular flexibility index (Phi) is 4.96. The minimum Gasteiger partial charge on any atom is -0.446 e. The van der Waals surface area contributed by atoms with Crippen LogP contribution in [0.3, 0.4) is 0 Å². The van der Waals surface area contributed by atoms with Gasteiger partial charge in [-0.1, -0.05) is 30.1 Å². The number of thiocarbonyl (C=S) groups is 1. The van der Waals surface area contributed by atoms with Crippen molar-refractivity contribution in [1.82, 2.24) is 9.47 Å². The third-order valence-corrected chi connectivity index (χ3v) is 5.62. The lowest BCUT2D eigenvalue weighted by Crippen LogP contribution is -2.34. The van der Waals surface area contributed by atoms with Crippen LogP contribution in [0.2, 0.25) is 0 Å². The second-order valence-corrected chi connectivity index (χ2v) is 6.61. The van der Waals surface area contributed by atoms with Crippen molar-refractivity contribution in [2.45, 2.75) is 20.6 Å². The molecule has 1 aliphatic heterocycles. The van der Waals surface area contributed by atoms with Crippen LogP contribution in [0.5, 0.6) is 0 Å². The van der Waals surface area contributed by atoms with Crippen LogP contribution in [-0.2, 0) is 21.1 Å². The first-order chi connectivity index (χ1) is 10.0. The summed E-state index contributed by atoms with van der Waals surface area (Å²) in [5, 5.41) is 0. The van der Waals surface area contributed by atoms with Crippen molar-refractivity contribution in [3.05, 3.63) is 19.5 Å². The van der Waals surface area contributed by atoms with Gasteiger partial charge in [0.25, 0.3) is 17.9 Å². The van der Waals surface area contributed by atoms with Gasteiger partial charge in [0.15, 0.2) is 6.73 Å². The minimum atomic E-state index is -0.291. The highest BCUT2D eigenvalue weighted by atomic mass is 32.2. The fourth-order valence-corrected chi connectivity index (χ4v) is 4.35. The Morgan fingerprint density at radius 3 is 2.62 bits per heavy atom. The van der Waals surface area contributed by atoms with E-state index >= 15 is 0 Å². The molecule has 21 heavy (non-hydrogen) atoms. The first-order valence-corrected chi connectivity index (χ1v) is 8.08. The van der Waals surface area contributed by atoms with Gasteiger partial charge in [0.1, 0.15) is 13.9 Å². The van der Waals surface area contributed by atoms with E-state index in [1.54, 1.807) is 13.0 Å². The fourth-order valence-electron chi connectivity index (χ4n) is 1.80. The maximum Gasteiger partial charge on any atom is 0.294 e. The Hall–Kier alpha value is -1.45. The predicted octanol–water partition coefficient (Wildman–Crippen LogP) is -0.171. The standard InChI is InChI=1S/C12H12N2O4S3/c1-3-7-9(16)14(5-18-6-15)11(20-7)8-10(17)13(4-2)12(19)21-8/h3,6H,4-5H2,1-2H3/b7-3+,11-8-. The molecule has 0 spiro atoms. The van der Waals surface area contributed by atoms with E-state index < -0.39 is 0 Å². The van der Waals surface area contributed by atoms with Gasteiger partial charge < -0.3 is 4.74 Å². The van der Waals surface area contributed by atoms with Crippen molar-refractivity contribution >= 4 is 63.0 Å². The largest absolute Gasteiger partial charge is 0.446 e. The SMILES string of the molecule is C/C=c1/s/c(=C2\SC(=S)N(CC)C2=O)n(COC=O)c1=O. The van der Waals surface area contributed by atoms with Crippen molar-refractivity contribution < 1.29 is 14.3 Å². The van der Waals surface area contributed by atoms with Gasteiger partial charge in [-0.25, -0.2) is 0 Å². The number of rotatable bonds is 4. The number of thioether (sulfide) groups is 1. The summed E-state index contributed by atoms with van der Waals surface area (Å²) in [7, 11) is 0. The lowest BCUT2D eigenvalue weighted by molar-refractivity contribution is -0.132. The van der Waals surface area contributed by atoms with Gasteiger partial charge in [0.2, 0.25) is 0 Å². The van der Waals surface area contributed by atoms with Crippen molar-refractivity contribution in [2.75, 3.05) is 6.54 Å². The zero-order valence-corrected chi connectivity index (χ0v) is 13.8. The molecule has 1 aromatic rings. The van der Waals surface area contributed by atoms with Crippen LogP contribution in [0.15, 0.2) is 4.79 Å². The molecular formula is C12H12N2O4S3. The monoisotopic (exact) mass is 344 g/mol. The molecule has 0 unspecified atom stereocenters. The summed E-state index contributed by atoms with van der Waals surface area (Å²) < 4.78 is 7.35. The summed E-state index contributed by atoms with van der Waals surface area (Å²) in [5.74, 6) is -0.226. The van der Waals surface area contributed by atoms with E-state index in [2.05, 4.69) is 4.74 Å². The van der Waals surface area contributed by atoms with Crippen LogP contribution in [0.25, 0.3) is 11.0 Å². The molecule has 0 atom stereocenters. The number of carbonyl (C=O) groups is 2. The fraction of sp³-hybridized carbons (Fsp3) is 0.333. The van der Waals surface area contributed by atoms with Crippen LogP contribution in [-0.4, -0.2) is 32.7 Å². The number of aromatic nitrogens is 1. The van der Waals surface area contributed by atoms with Crippen molar-refractivity contribution in [2.24, 2.45) is 0 Å². The van der Waals surface area contributed by atoms with Crippen molar-refractivity contribution in [3.63, 3.8) is 0 Å². The molecule has 0 bridgehead atoms. The van der Waals surface area contributed by atoms with Gasteiger partial charge in [-0.15, -0.1) is 11.3 Å². The zero-order chi connectivity index (χ0) is 15.6. The topological polar surface area (TPSA) is 68.6 Å².